The molecule has 4 rings (SSSR count). The van der Waals surface area contributed by atoms with Crippen molar-refractivity contribution in [2.24, 2.45) is 17.8 Å². The molecule has 2 aliphatic rings. The van der Waals surface area contributed by atoms with Crippen molar-refractivity contribution < 1.29 is 46.2 Å². The molecule has 2 aromatic carbocycles. The minimum absolute atomic E-state index is 0.109. The van der Waals surface area contributed by atoms with E-state index < -0.39 is 77.8 Å². The molecule has 0 spiro atoms. The summed E-state index contributed by atoms with van der Waals surface area (Å²) in [6.07, 6.45) is 2.34. The van der Waals surface area contributed by atoms with Gasteiger partial charge in [-0.1, -0.05) is 51.0 Å². The number of carbonyl (C=O) groups is 3. The minimum Gasteiger partial charge on any atom is -0.503 e. The second-order valence-electron chi connectivity index (χ2n) is 13.0. The van der Waals surface area contributed by atoms with Crippen LogP contribution in [0, 0.1) is 35.2 Å². The first kappa shape index (κ1) is 35.5. The molecular weight excluding hydrogens is 609 g/mol. The molecule has 0 saturated heterocycles. The van der Waals surface area contributed by atoms with Gasteiger partial charge in [0.1, 0.15) is 0 Å². The lowest BCUT2D eigenvalue weighted by atomic mass is 9.75. The lowest BCUT2D eigenvalue weighted by molar-refractivity contribution is -0.141. The molecule has 0 aliphatic heterocycles. The third-order valence-electron chi connectivity index (χ3n) is 9.10. The van der Waals surface area contributed by atoms with Gasteiger partial charge < -0.3 is 9.84 Å². The first-order valence-electron chi connectivity index (χ1n) is 16.1. The Morgan fingerprint density at radius 3 is 2.09 bits per heavy atom. The Morgan fingerprint density at radius 1 is 0.913 bits per heavy atom. The van der Waals surface area contributed by atoms with Crippen LogP contribution in [0.15, 0.2) is 30.3 Å². The summed E-state index contributed by atoms with van der Waals surface area (Å²) in [5, 5.41) is 12.1. The molecule has 3 atom stereocenters. The molecule has 11 heteroatoms. The van der Waals surface area contributed by atoms with Crippen LogP contribution in [0.1, 0.15) is 95.2 Å². The molecule has 0 radical (unpaired) electrons. The highest BCUT2D eigenvalue weighted by molar-refractivity contribution is 6.38. The van der Waals surface area contributed by atoms with Gasteiger partial charge in [-0.2, -0.15) is 0 Å². The third-order valence-corrected chi connectivity index (χ3v) is 9.10. The normalized spacial score (nSPS) is 17.6. The van der Waals surface area contributed by atoms with Crippen LogP contribution in [0.5, 0.6) is 11.5 Å². The van der Waals surface area contributed by atoms with E-state index in [9.17, 15) is 41.4 Å². The van der Waals surface area contributed by atoms with Crippen LogP contribution in [0.25, 0.3) is 0 Å². The van der Waals surface area contributed by atoms with Crippen LogP contribution in [0.2, 0.25) is 0 Å². The van der Waals surface area contributed by atoms with Gasteiger partial charge in [-0.3, -0.25) is 19.7 Å². The van der Waals surface area contributed by atoms with Crippen LogP contribution < -0.4 is 10.1 Å². The summed E-state index contributed by atoms with van der Waals surface area (Å²) in [4.78, 5) is 40.3. The number of ether oxygens (including phenoxy) is 1. The van der Waals surface area contributed by atoms with E-state index in [0.717, 1.165) is 63.1 Å². The van der Waals surface area contributed by atoms with Crippen molar-refractivity contribution in [1.29, 1.82) is 0 Å². The van der Waals surface area contributed by atoms with Crippen LogP contribution in [-0.2, 0) is 20.8 Å². The molecule has 0 bridgehead atoms. The highest BCUT2D eigenvalue weighted by Crippen LogP contribution is 2.36. The van der Waals surface area contributed by atoms with Crippen LogP contribution in [0.3, 0.4) is 0 Å². The molecule has 2 aliphatic carbocycles. The summed E-state index contributed by atoms with van der Waals surface area (Å²) in [7, 11) is 0. The Hall–Kier alpha value is -3.34. The lowest BCUT2D eigenvalue weighted by Gasteiger charge is -2.30. The summed E-state index contributed by atoms with van der Waals surface area (Å²) in [6, 6.07) is 1.50. The quantitative estimate of drug-likeness (QED) is 0.135. The number of phenols is 1. The zero-order chi connectivity index (χ0) is 33.5. The largest absolute Gasteiger partial charge is 0.503 e. The Kier molecular flexibility index (Phi) is 12.3. The van der Waals surface area contributed by atoms with E-state index in [0.29, 0.717) is 6.42 Å². The van der Waals surface area contributed by atoms with E-state index in [1.165, 1.54) is 12.1 Å². The third kappa shape index (κ3) is 9.36. The number of carbonyl (C=O) groups excluding carboxylic acids is 3. The minimum atomic E-state index is -3.14. The van der Waals surface area contributed by atoms with Gasteiger partial charge in [0.2, 0.25) is 5.78 Å². The smallest absolute Gasteiger partial charge is 0.257 e. The van der Waals surface area contributed by atoms with Crippen LogP contribution in [0.4, 0.5) is 22.0 Å². The number of Topliss-reactive ketones (excluding diaryl/α,β-unsaturated/α-hetero) is 3. The van der Waals surface area contributed by atoms with Crippen LogP contribution >= 0.6 is 0 Å². The van der Waals surface area contributed by atoms with E-state index >= 15 is 0 Å². The zero-order valence-corrected chi connectivity index (χ0v) is 26.2. The number of alkyl halides is 2. The lowest BCUT2D eigenvalue weighted by Crippen LogP contribution is -2.44. The van der Waals surface area contributed by atoms with Gasteiger partial charge in [0.15, 0.2) is 40.5 Å². The number of ketones is 3. The second-order valence-corrected chi connectivity index (χ2v) is 13.0. The van der Waals surface area contributed by atoms with Crippen molar-refractivity contribution >= 4 is 17.3 Å². The number of hydrogen-bond donors (Lipinski definition) is 2. The molecule has 2 saturated carbocycles. The molecule has 2 N–H and O–H groups in total. The molecule has 2 aromatic rings. The molecule has 46 heavy (non-hydrogen) atoms. The van der Waals surface area contributed by atoms with E-state index in [1.54, 1.807) is 13.8 Å². The van der Waals surface area contributed by atoms with E-state index in [4.69, 9.17) is 4.74 Å². The Bertz CT molecular complexity index is 1370. The molecule has 6 nitrogen and oxygen atoms in total. The standard InChI is InChI=1S/C35H42F5NO5/c1-19(2)46-31-11-10-23(17-25(31)36)32(35(39)40)41-28(15-22-13-26(37)34(45)27(38)14-22)29(42)18-24(12-20-8-5-9-20)33(44)30(43)16-21-6-3-4-7-21/h10-11,13-14,17,19-21,24,28,32,35,41,45H,3-9,12,15-16,18H2,1-2H3/t24-,28+,32+/m1/s1. The van der Waals surface area contributed by atoms with Gasteiger partial charge >= 0.3 is 0 Å². The van der Waals surface area contributed by atoms with E-state index in [-0.39, 0.29) is 41.2 Å². The van der Waals surface area contributed by atoms with Gasteiger partial charge in [0, 0.05) is 18.8 Å². The summed E-state index contributed by atoms with van der Waals surface area (Å²) < 4.78 is 77.6. The predicted octanol–water partition coefficient (Wildman–Crippen LogP) is 7.59. The Balaban J connectivity index is 1.62. The van der Waals surface area contributed by atoms with Crippen molar-refractivity contribution in [3.8, 4) is 11.5 Å². The Labute approximate surface area is 266 Å². The number of aromatic hydroxyl groups is 1. The number of hydrogen-bond acceptors (Lipinski definition) is 6. The fourth-order valence-electron chi connectivity index (χ4n) is 6.43. The van der Waals surface area contributed by atoms with Crippen LogP contribution in [-0.4, -0.2) is 41.0 Å². The van der Waals surface area contributed by atoms with Crippen molar-refractivity contribution in [3.05, 3.63) is 58.9 Å². The fourth-order valence-corrected chi connectivity index (χ4v) is 6.43. The van der Waals surface area contributed by atoms with Crippen molar-refractivity contribution in [1.82, 2.24) is 5.32 Å². The summed E-state index contributed by atoms with van der Waals surface area (Å²) in [5.74, 6) is -7.45. The van der Waals surface area contributed by atoms with Gasteiger partial charge in [-0.15, -0.1) is 0 Å². The molecule has 252 valence electrons. The first-order chi connectivity index (χ1) is 21.8. The maximum atomic E-state index is 14.8. The average molecular weight is 652 g/mol. The highest BCUT2D eigenvalue weighted by Gasteiger charge is 2.36. The van der Waals surface area contributed by atoms with Gasteiger partial charge in [0.05, 0.1) is 18.2 Å². The molecule has 0 heterocycles. The maximum Gasteiger partial charge on any atom is 0.257 e. The fraction of sp³-hybridized carbons (Fsp3) is 0.571. The predicted molar refractivity (Wildman–Crippen MR) is 161 cm³/mol. The van der Waals surface area contributed by atoms with Crippen molar-refractivity contribution in [3.63, 3.8) is 0 Å². The summed E-state index contributed by atoms with van der Waals surface area (Å²) in [6.45, 7) is 3.35. The topological polar surface area (TPSA) is 92.7 Å². The van der Waals surface area contributed by atoms with E-state index in [2.05, 4.69) is 5.32 Å². The monoisotopic (exact) mass is 651 g/mol. The molecule has 0 amide bonds. The summed E-state index contributed by atoms with van der Waals surface area (Å²) in [5.41, 5.74) is -0.309. The second kappa shape index (κ2) is 16.0. The highest BCUT2D eigenvalue weighted by atomic mass is 19.3. The Morgan fingerprint density at radius 2 is 1.54 bits per heavy atom. The molecule has 0 unspecified atom stereocenters. The van der Waals surface area contributed by atoms with Crippen molar-refractivity contribution in [2.45, 2.75) is 109 Å². The average Bonchev–Trinajstić information content (AvgIpc) is 3.48. The zero-order valence-electron chi connectivity index (χ0n) is 26.2. The first-order valence-corrected chi connectivity index (χ1v) is 16.1. The number of benzene rings is 2. The van der Waals surface area contributed by atoms with Gasteiger partial charge in [-0.05, 0) is 73.9 Å². The number of phenolic OH excluding ortho intramolecular Hbond substituents is 1. The maximum absolute atomic E-state index is 14.8. The summed E-state index contributed by atoms with van der Waals surface area (Å²) >= 11 is 0. The number of nitrogens with one attached hydrogen (secondary N) is 1. The molecule has 0 aromatic heterocycles. The molecule has 2 fully saturated rings. The van der Waals surface area contributed by atoms with Gasteiger partial charge in [-0.25, -0.2) is 22.0 Å². The van der Waals surface area contributed by atoms with Gasteiger partial charge in [0.25, 0.3) is 6.43 Å². The molecular formula is C35H42F5NO5. The number of rotatable bonds is 17. The van der Waals surface area contributed by atoms with E-state index in [1.807, 2.05) is 0 Å². The SMILES string of the molecule is CC(C)Oc1ccc([C@H](N[C@@H](Cc2cc(F)c(O)c(F)c2)C(=O)C[C@@H](CC2CCC2)C(=O)C(=O)CC2CCCC2)C(F)F)cc1F. The number of halogens is 5. The van der Waals surface area contributed by atoms with Crippen molar-refractivity contribution in [2.75, 3.05) is 0 Å².